The van der Waals surface area contributed by atoms with E-state index in [0.717, 1.165) is 0 Å². The van der Waals surface area contributed by atoms with Gasteiger partial charge in [-0.15, -0.1) is 16.8 Å². The average Bonchev–Trinajstić information content (AvgIpc) is 3.05. The lowest BCUT2D eigenvalue weighted by Gasteiger charge is -2.18. The van der Waals surface area contributed by atoms with E-state index in [0.29, 0.717) is 36.2 Å². The lowest BCUT2D eigenvalue weighted by molar-refractivity contribution is -0.117. The number of hydrogen-bond acceptors (Lipinski definition) is 6. The molecule has 0 aliphatic carbocycles. The highest BCUT2D eigenvalue weighted by molar-refractivity contribution is 8.00. The first-order valence-corrected chi connectivity index (χ1v) is 11.2. The Hall–Kier alpha value is -2.17. The SMILES string of the molecule is C=CCn1c(S[C@H](C)C(N)=O)nnc1-c1cccc(S(=O)(=O)N(CC)CC)c1. The topological polar surface area (TPSA) is 111 Å². The zero-order valence-electron chi connectivity index (χ0n) is 16.2. The van der Waals surface area contributed by atoms with Crippen LogP contribution in [-0.4, -0.2) is 51.7 Å². The van der Waals surface area contributed by atoms with Crippen LogP contribution in [0.5, 0.6) is 0 Å². The van der Waals surface area contributed by atoms with Crippen LogP contribution in [0.4, 0.5) is 0 Å². The largest absolute Gasteiger partial charge is 0.369 e. The Balaban J connectivity index is 2.50. The number of carbonyl (C=O) groups excluding carboxylic acids is 1. The van der Waals surface area contributed by atoms with Gasteiger partial charge >= 0.3 is 0 Å². The van der Waals surface area contributed by atoms with E-state index >= 15 is 0 Å². The number of allylic oxidation sites excluding steroid dienone is 1. The van der Waals surface area contributed by atoms with Gasteiger partial charge in [0, 0.05) is 25.2 Å². The van der Waals surface area contributed by atoms with Gasteiger partial charge in [-0.05, 0) is 19.1 Å². The molecule has 152 valence electrons. The van der Waals surface area contributed by atoms with Gasteiger partial charge in [-0.2, -0.15) is 4.31 Å². The van der Waals surface area contributed by atoms with E-state index in [-0.39, 0.29) is 4.90 Å². The number of nitrogens with two attached hydrogens (primary N) is 1. The fourth-order valence-corrected chi connectivity index (χ4v) is 4.92. The van der Waals surface area contributed by atoms with E-state index in [9.17, 15) is 13.2 Å². The molecule has 1 atom stereocenters. The van der Waals surface area contributed by atoms with Crippen LogP contribution >= 0.6 is 11.8 Å². The third kappa shape index (κ3) is 4.62. The summed E-state index contributed by atoms with van der Waals surface area (Å²) in [4.78, 5) is 11.6. The number of sulfonamides is 1. The average molecular weight is 424 g/mol. The van der Waals surface area contributed by atoms with Gasteiger partial charge in [-0.1, -0.05) is 43.8 Å². The minimum atomic E-state index is -3.59. The highest BCUT2D eigenvalue weighted by atomic mass is 32.2. The Morgan fingerprint density at radius 1 is 1.36 bits per heavy atom. The van der Waals surface area contributed by atoms with Crippen LogP contribution in [-0.2, 0) is 21.4 Å². The fourth-order valence-electron chi connectivity index (χ4n) is 2.61. The molecule has 1 heterocycles. The van der Waals surface area contributed by atoms with Gasteiger partial charge in [-0.25, -0.2) is 8.42 Å². The van der Waals surface area contributed by atoms with Crippen LogP contribution < -0.4 is 5.73 Å². The molecule has 8 nitrogen and oxygen atoms in total. The number of nitrogens with zero attached hydrogens (tertiary/aromatic N) is 4. The fraction of sp³-hybridized carbons (Fsp3) is 0.389. The van der Waals surface area contributed by atoms with E-state index in [4.69, 9.17) is 5.73 Å². The molecule has 1 aromatic heterocycles. The number of thioether (sulfide) groups is 1. The van der Waals surface area contributed by atoms with Crippen LogP contribution in [0.3, 0.4) is 0 Å². The zero-order chi connectivity index (χ0) is 20.9. The molecular weight excluding hydrogens is 398 g/mol. The molecule has 0 aliphatic rings. The van der Waals surface area contributed by atoms with Crippen molar-refractivity contribution in [3.8, 4) is 11.4 Å². The molecule has 0 spiro atoms. The van der Waals surface area contributed by atoms with E-state index < -0.39 is 21.2 Å². The summed E-state index contributed by atoms with van der Waals surface area (Å²) in [5.41, 5.74) is 5.95. The van der Waals surface area contributed by atoms with E-state index in [1.165, 1.54) is 16.1 Å². The van der Waals surface area contributed by atoms with Crippen molar-refractivity contribution in [3.05, 3.63) is 36.9 Å². The first-order chi connectivity index (χ1) is 13.3. The Bertz CT molecular complexity index is 952. The summed E-state index contributed by atoms with van der Waals surface area (Å²) in [6.45, 7) is 10.2. The van der Waals surface area contributed by atoms with Crippen LogP contribution in [0.1, 0.15) is 20.8 Å². The summed E-state index contributed by atoms with van der Waals surface area (Å²) in [5.74, 6) is 0.0442. The molecular formula is C18H25N5O3S2. The van der Waals surface area contributed by atoms with Gasteiger partial charge in [0.25, 0.3) is 0 Å². The molecule has 1 aromatic carbocycles. The van der Waals surface area contributed by atoms with E-state index in [1.807, 2.05) is 0 Å². The van der Waals surface area contributed by atoms with Crippen molar-refractivity contribution >= 4 is 27.7 Å². The summed E-state index contributed by atoms with van der Waals surface area (Å²) >= 11 is 1.20. The number of hydrogen-bond donors (Lipinski definition) is 1. The van der Waals surface area contributed by atoms with Gasteiger partial charge in [-0.3, -0.25) is 9.36 Å². The quantitative estimate of drug-likeness (QED) is 0.463. The number of rotatable bonds is 10. The molecule has 0 bridgehead atoms. The minimum Gasteiger partial charge on any atom is -0.369 e. The van der Waals surface area contributed by atoms with Crippen molar-refractivity contribution in [2.75, 3.05) is 13.1 Å². The molecule has 0 saturated heterocycles. The monoisotopic (exact) mass is 423 g/mol. The molecule has 0 saturated carbocycles. The Morgan fingerprint density at radius 2 is 2.04 bits per heavy atom. The number of amides is 1. The molecule has 0 unspecified atom stereocenters. The van der Waals surface area contributed by atoms with Crippen molar-refractivity contribution in [2.45, 2.75) is 42.6 Å². The predicted molar refractivity (Wildman–Crippen MR) is 110 cm³/mol. The van der Waals surface area contributed by atoms with Crippen molar-refractivity contribution in [1.29, 1.82) is 0 Å². The maximum atomic E-state index is 12.8. The lowest BCUT2D eigenvalue weighted by Crippen LogP contribution is -2.30. The van der Waals surface area contributed by atoms with Crippen molar-refractivity contribution < 1.29 is 13.2 Å². The second-order valence-electron chi connectivity index (χ2n) is 5.99. The zero-order valence-corrected chi connectivity index (χ0v) is 17.8. The highest BCUT2D eigenvalue weighted by Crippen LogP contribution is 2.28. The van der Waals surface area contributed by atoms with Crippen LogP contribution in [0.15, 0.2) is 47.0 Å². The summed E-state index contributed by atoms with van der Waals surface area (Å²) in [6, 6.07) is 6.60. The van der Waals surface area contributed by atoms with Gasteiger partial charge in [0.05, 0.1) is 10.1 Å². The van der Waals surface area contributed by atoms with Crippen LogP contribution in [0.2, 0.25) is 0 Å². The van der Waals surface area contributed by atoms with E-state index in [1.54, 1.807) is 55.7 Å². The number of carbonyl (C=O) groups is 1. The summed E-state index contributed by atoms with van der Waals surface area (Å²) in [5, 5.41) is 8.40. The molecule has 2 aromatic rings. The predicted octanol–water partition coefficient (Wildman–Crippen LogP) is 2.13. The first kappa shape index (κ1) is 22.1. The second-order valence-corrected chi connectivity index (χ2v) is 9.23. The Kier molecular flexibility index (Phi) is 7.39. The lowest BCUT2D eigenvalue weighted by atomic mass is 10.2. The number of aromatic nitrogens is 3. The number of benzene rings is 1. The minimum absolute atomic E-state index is 0.196. The van der Waals surface area contributed by atoms with Gasteiger partial charge in [0.2, 0.25) is 15.9 Å². The van der Waals surface area contributed by atoms with Crippen molar-refractivity contribution in [2.24, 2.45) is 5.73 Å². The normalized spacial score (nSPS) is 12.9. The standard InChI is InChI=1S/C18H25N5O3S2/c1-5-11-23-17(20-21-18(23)27-13(4)16(19)24)14-9-8-10-15(12-14)28(25,26)22(6-2)7-3/h5,8-10,12-13H,1,6-7,11H2,2-4H3,(H2,19,24)/t13-/m1/s1. The Morgan fingerprint density at radius 3 is 2.61 bits per heavy atom. The molecule has 10 heteroatoms. The molecule has 0 aliphatic heterocycles. The second kappa shape index (κ2) is 9.35. The maximum Gasteiger partial charge on any atom is 0.243 e. The summed E-state index contributed by atoms with van der Waals surface area (Å²) in [7, 11) is -3.59. The molecule has 28 heavy (non-hydrogen) atoms. The Labute approximate surface area is 169 Å². The smallest absolute Gasteiger partial charge is 0.243 e. The van der Waals surface area contributed by atoms with Gasteiger partial charge in [0.15, 0.2) is 11.0 Å². The molecule has 0 fully saturated rings. The highest BCUT2D eigenvalue weighted by Gasteiger charge is 2.23. The third-order valence-corrected chi connectivity index (χ3v) is 7.29. The number of primary amides is 1. The first-order valence-electron chi connectivity index (χ1n) is 8.86. The van der Waals surface area contributed by atoms with E-state index in [2.05, 4.69) is 16.8 Å². The van der Waals surface area contributed by atoms with Crippen LogP contribution in [0, 0.1) is 0 Å². The molecule has 1 amide bonds. The third-order valence-electron chi connectivity index (χ3n) is 4.15. The molecule has 0 radical (unpaired) electrons. The molecule has 2 rings (SSSR count). The summed E-state index contributed by atoms with van der Waals surface area (Å²) < 4.78 is 28.8. The van der Waals surface area contributed by atoms with Crippen molar-refractivity contribution in [3.63, 3.8) is 0 Å². The molecule has 2 N–H and O–H groups in total. The maximum absolute atomic E-state index is 12.8. The van der Waals surface area contributed by atoms with Gasteiger partial charge < -0.3 is 5.73 Å². The van der Waals surface area contributed by atoms with Crippen molar-refractivity contribution in [1.82, 2.24) is 19.1 Å². The van der Waals surface area contributed by atoms with Gasteiger partial charge in [0.1, 0.15) is 0 Å². The summed E-state index contributed by atoms with van der Waals surface area (Å²) in [6.07, 6.45) is 1.68. The van der Waals surface area contributed by atoms with Crippen LogP contribution in [0.25, 0.3) is 11.4 Å².